The van der Waals surface area contributed by atoms with Gasteiger partial charge < -0.3 is 0 Å². The lowest BCUT2D eigenvalue weighted by atomic mass is 10.3. The molecule has 58 valence electrons. The molecular weight excluding hydrogens is 150 g/mol. The van der Waals surface area contributed by atoms with E-state index >= 15 is 0 Å². The third-order valence-electron chi connectivity index (χ3n) is 1.18. The van der Waals surface area contributed by atoms with Gasteiger partial charge in [-0.25, -0.2) is 0 Å². The van der Waals surface area contributed by atoms with Gasteiger partial charge in [-0.3, -0.25) is 0 Å². The Morgan fingerprint density at radius 1 is 1.42 bits per heavy atom. The highest BCUT2D eigenvalue weighted by atomic mass is 15.1. The van der Waals surface area contributed by atoms with Crippen molar-refractivity contribution in [2.75, 3.05) is 0 Å². The average molecular weight is 157 g/mol. The van der Waals surface area contributed by atoms with Crippen LogP contribution in [0.3, 0.4) is 0 Å². The Kier molecular flexibility index (Phi) is 2.81. The van der Waals surface area contributed by atoms with E-state index in [4.69, 9.17) is 5.26 Å². The summed E-state index contributed by atoms with van der Waals surface area (Å²) in [5, 5.41) is 15.8. The second kappa shape index (κ2) is 4.10. The third-order valence-corrected chi connectivity index (χ3v) is 1.18. The first-order valence-corrected chi connectivity index (χ1v) is 3.49. The van der Waals surface area contributed by atoms with Crippen LogP contribution >= 0.6 is 0 Å². The van der Waals surface area contributed by atoms with Crippen LogP contribution in [0.1, 0.15) is 17.8 Å². The molecule has 0 aliphatic rings. The molecule has 3 nitrogen and oxygen atoms in total. The van der Waals surface area contributed by atoms with Gasteiger partial charge in [0.05, 0.1) is 18.2 Å². The summed E-state index contributed by atoms with van der Waals surface area (Å²) in [5.74, 6) is 5.38. The molecule has 0 aromatic carbocycles. The molecule has 0 saturated heterocycles. The molecule has 1 aromatic heterocycles. The van der Waals surface area contributed by atoms with Gasteiger partial charge in [0, 0.05) is 0 Å². The molecule has 1 aromatic rings. The zero-order valence-corrected chi connectivity index (χ0v) is 6.70. The number of hydrogen-bond donors (Lipinski definition) is 0. The van der Waals surface area contributed by atoms with E-state index in [0.717, 1.165) is 5.69 Å². The van der Waals surface area contributed by atoms with Crippen LogP contribution in [0.25, 0.3) is 0 Å². The molecule has 0 aliphatic carbocycles. The highest BCUT2D eigenvalue weighted by molar-refractivity contribution is 5.27. The molecule has 0 bridgehead atoms. The molecule has 0 spiro atoms. The predicted octanol–water partition coefficient (Wildman–Crippen LogP) is 1.05. The Morgan fingerprint density at radius 3 is 2.83 bits per heavy atom. The summed E-state index contributed by atoms with van der Waals surface area (Å²) in [4.78, 5) is 0. The molecular formula is C9H7N3. The Bertz CT molecular complexity index is 348. The number of nitriles is 1. The van der Waals surface area contributed by atoms with E-state index in [2.05, 4.69) is 22.0 Å². The first-order chi connectivity index (χ1) is 5.83. The molecule has 0 amide bonds. The highest BCUT2D eigenvalue weighted by Gasteiger charge is 1.87. The van der Waals surface area contributed by atoms with E-state index < -0.39 is 0 Å². The fourth-order valence-corrected chi connectivity index (χ4v) is 0.640. The van der Waals surface area contributed by atoms with Gasteiger partial charge in [-0.1, -0.05) is 5.92 Å². The van der Waals surface area contributed by atoms with Crippen LogP contribution in [0.2, 0.25) is 0 Å². The van der Waals surface area contributed by atoms with Crippen molar-refractivity contribution < 1.29 is 0 Å². The minimum absolute atomic E-state index is 0.232. The van der Waals surface area contributed by atoms with E-state index in [0.29, 0.717) is 5.69 Å². The molecule has 0 radical (unpaired) electrons. The van der Waals surface area contributed by atoms with Crippen LogP contribution < -0.4 is 0 Å². The molecule has 1 rings (SSSR count). The second-order valence-electron chi connectivity index (χ2n) is 2.20. The Labute approximate surface area is 71.1 Å². The van der Waals surface area contributed by atoms with Crippen molar-refractivity contribution >= 4 is 0 Å². The van der Waals surface area contributed by atoms with E-state index in [1.807, 2.05) is 19.1 Å². The monoisotopic (exact) mass is 157 g/mol. The van der Waals surface area contributed by atoms with Crippen LogP contribution in [0, 0.1) is 30.1 Å². The molecule has 1 heterocycles. The maximum Gasteiger partial charge on any atom is 0.135 e. The second-order valence-corrected chi connectivity index (χ2v) is 2.20. The van der Waals surface area contributed by atoms with Gasteiger partial charge in [-0.05, 0) is 25.0 Å². The smallest absolute Gasteiger partial charge is 0.135 e. The topological polar surface area (TPSA) is 49.6 Å². The Morgan fingerprint density at radius 2 is 2.25 bits per heavy atom. The normalized spacial score (nSPS) is 8.00. The summed E-state index contributed by atoms with van der Waals surface area (Å²) >= 11 is 0. The average Bonchev–Trinajstić information content (AvgIpc) is 2.09. The first-order valence-electron chi connectivity index (χ1n) is 3.49. The maximum atomic E-state index is 8.20. The SMILES string of the molecule is Cc1ccc(C#CCC#N)nn1. The standard InChI is InChI=1S/C9H7N3/c1-8-5-6-9(12-11-8)4-2-3-7-10/h5-6H,3H2,1H3. The summed E-state index contributed by atoms with van der Waals surface area (Å²) in [7, 11) is 0. The zero-order valence-electron chi connectivity index (χ0n) is 6.70. The maximum absolute atomic E-state index is 8.20. The van der Waals surface area contributed by atoms with Crippen LogP contribution in [0.4, 0.5) is 0 Å². The molecule has 0 aliphatic heterocycles. The van der Waals surface area contributed by atoms with Crippen LogP contribution in [-0.2, 0) is 0 Å². The van der Waals surface area contributed by atoms with Crippen molar-refractivity contribution in [1.82, 2.24) is 10.2 Å². The van der Waals surface area contributed by atoms with Gasteiger partial charge in [0.25, 0.3) is 0 Å². The van der Waals surface area contributed by atoms with Crippen LogP contribution in [0.15, 0.2) is 12.1 Å². The van der Waals surface area contributed by atoms with Crippen LogP contribution in [0.5, 0.6) is 0 Å². The van der Waals surface area contributed by atoms with Crippen molar-refractivity contribution in [1.29, 1.82) is 5.26 Å². The fourth-order valence-electron chi connectivity index (χ4n) is 0.640. The lowest BCUT2D eigenvalue weighted by Crippen LogP contribution is -1.88. The van der Waals surface area contributed by atoms with Crippen molar-refractivity contribution in [3.05, 3.63) is 23.5 Å². The van der Waals surface area contributed by atoms with Gasteiger partial charge >= 0.3 is 0 Å². The van der Waals surface area contributed by atoms with Crippen molar-refractivity contribution in [2.24, 2.45) is 0 Å². The lowest BCUT2D eigenvalue weighted by Gasteiger charge is -1.88. The van der Waals surface area contributed by atoms with Gasteiger partial charge in [-0.15, -0.1) is 5.10 Å². The fraction of sp³-hybridized carbons (Fsp3) is 0.222. The predicted molar refractivity (Wildman–Crippen MR) is 43.9 cm³/mol. The molecule has 12 heavy (non-hydrogen) atoms. The molecule has 0 atom stereocenters. The van der Waals surface area contributed by atoms with Crippen LogP contribution in [-0.4, -0.2) is 10.2 Å². The van der Waals surface area contributed by atoms with E-state index in [1.54, 1.807) is 6.07 Å². The molecule has 3 heteroatoms. The molecule has 0 unspecified atom stereocenters. The Hall–Kier alpha value is -1.87. The summed E-state index contributed by atoms with van der Waals surface area (Å²) in [6, 6.07) is 5.55. The quantitative estimate of drug-likeness (QED) is 0.529. The number of aryl methyl sites for hydroxylation is 1. The van der Waals surface area contributed by atoms with E-state index in [9.17, 15) is 0 Å². The van der Waals surface area contributed by atoms with Crippen molar-refractivity contribution in [3.63, 3.8) is 0 Å². The molecule has 0 fully saturated rings. The number of rotatable bonds is 0. The first kappa shape index (κ1) is 8.23. The number of nitrogens with zero attached hydrogens (tertiary/aromatic N) is 3. The van der Waals surface area contributed by atoms with E-state index in [-0.39, 0.29) is 6.42 Å². The highest BCUT2D eigenvalue weighted by Crippen LogP contribution is 1.92. The number of hydrogen-bond acceptors (Lipinski definition) is 3. The third kappa shape index (κ3) is 2.40. The van der Waals surface area contributed by atoms with Crippen molar-refractivity contribution in [2.45, 2.75) is 13.3 Å². The van der Waals surface area contributed by atoms with Crippen molar-refractivity contribution in [3.8, 4) is 17.9 Å². The summed E-state index contributed by atoms with van der Waals surface area (Å²) in [6.45, 7) is 1.86. The molecule has 0 N–H and O–H groups in total. The summed E-state index contributed by atoms with van der Waals surface area (Å²) < 4.78 is 0. The van der Waals surface area contributed by atoms with E-state index in [1.165, 1.54) is 0 Å². The largest absolute Gasteiger partial charge is 0.197 e. The van der Waals surface area contributed by atoms with Gasteiger partial charge in [0.2, 0.25) is 0 Å². The zero-order chi connectivity index (χ0) is 8.81. The minimum atomic E-state index is 0.232. The van der Waals surface area contributed by atoms with Gasteiger partial charge in [0.1, 0.15) is 5.69 Å². The minimum Gasteiger partial charge on any atom is -0.197 e. The van der Waals surface area contributed by atoms with Gasteiger partial charge in [-0.2, -0.15) is 10.4 Å². The number of aromatic nitrogens is 2. The summed E-state index contributed by atoms with van der Waals surface area (Å²) in [6.07, 6.45) is 0.232. The summed E-state index contributed by atoms with van der Waals surface area (Å²) in [5.41, 5.74) is 1.47. The van der Waals surface area contributed by atoms with Gasteiger partial charge in [0.15, 0.2) is 0 Å². The Balaban J connectivity index is 2.74. The molecule has 0 saturated carbocycles. The lowest BCUT2D eigenvalue weighted by molar-refractivity contribution is 0.967.